The van der Waals surface area contributed by atoms with E-state index in [-0.39, 0.29) is 5.78 Å². The van der Waals surface area contributed by atoms with Crippen LogP contribution in [0.5, 0.6) is 5.75 Å². The fourth-order valence-electron chi connectivity index (χ4n) is 5.56. The maximum Gasteiger partial charge on any atom is 0.193 e. The number of unbranched alkanes of at least 4 members (excludes halogenated alkanes) is 1. The highest BCUT2D eigenvalue weighted by Gasteiger charge is 2.28. The van der Waals surface area contributed by atoms with E-state index in [0.717, 1.165) is 42.4 Å². The van der Waals surface area contributed by atoms with Crippen molar-refractivity contribution in [2.45, 2.75) is 70.3 Å². The number of hydrogen-bond donors (Lipinski definition) is 0. The molecule has 0 spiro atoms. The number of nitrogens with zero attached hydrogens (tertiary/aromatic N) is 1. The van der Waals surface area contributed by atoms with Crippen molar-refractivity contribution in [3.8, 4) is 5.75 Å². The van der Waals surface area contributed by atoms with Crippen LogP contribution in [-0.2, 0) is 0 Å². The Morgan fingerprint density at radius 3 is 2.70 bits per heavy atom. The van der Waals surface area contributed by atoms with E-state index in [1.807, 2.05) is 41.7 Å². The van der Waals surface area contributed by atoms with Crippen molar-refractivity contribution in [1.82, 2.24) is 4.90 Å². The van der Waals surface area contributed by atoms with Crippen molar-refractivity contribution in [3.63, 3.8) is 0 Å². The molecule has 2 atom stereocenters. The van der Waals surface area contributed by atoms with Crippen LogP contribution < -0.4 is 4.74 Å². The number of hydrogen-bond acceptors (Lipinski definition) is 4. The molecule has 3 nitrogen and oxygen atoms in total. The fraction of sp³-hybridized carbons (Fsp3) is 0.483. The van der Waals surface area contributed by atoms with E-state index in [1.54, 1.807) is 0 Å². The van der Waals surface area contributed by atoms with E-state index in [9.17, 15) is 4.79 Å². The number of carbonyl (C=O) groups excluding carboxylic acids is 1. The van der Waals surface area contributed by atoms with Crippen LogP contribution in [0.4, 0.5) is 0 Å². The van der Waals surface area contributed by atoms with Gasteiger partial charge in [-0.05, 0) is 116 Å². The zero-order valence-corrected chi connectivity index (χ0v) is 20.5. The largest absolute Gasteiger partial charge is 0.494 e. The third-order valence-electron chi connectivity index (χ3n) is 7.55. The van der Waals surface area contributed by atoms with Crippen LogP contribution in [0.1, 0.15) is 85.7 Å². The van der Waals surface area contributed by atoms with Gasteiger partial charge in [0.1, 0.15) is 5.75 Å². The second kappa shape index (κ2) is 10.4. The van der Waals surface area contributed by atoms with Gasteiger partial charge in [0.2, 0.25) is 0 Å². The Bertz CT molecular complexity index is 1070. The van der Waals surface area contributed by atoms with Crippen molar-refractivity contribution in [1.29, 1.82) is 0 Å². The number of carbonyl (C=O) groups is 1. The van der Waals surface area contributed by atoms with Gasteiger partial charge in [0.05, 0.1) is 6.61 Å². The zero-order chi connectivity index (χ0) is 22.6. The predicted molar refractivity (Wildman–Crippen MR) is 138 cm³/mol. The molecule has 0 N–H and O–H groups in total. The van der Waals surface area contributed by atoms with Gasteiger partial charge in [-0.15, -0.1) is 11.3 Å². The maximum absolute atomic E-state index is 13.3. The number of ether oxygens (including phenoxy) is 1. The zero-order valence-electron chi connectivity index (χ0n) is 19.7. The standard InChI is InChI=1S/C29H35NO2S/c1-2-3-18-32-25-12-8-22(9-13-25)29(31)23-10-14-28-26(19-23)27(20-33-28)21-7-11-24-6-4-5-16-30(24)17-15-21/h8-10,12-14,19-21,24H,2-7,11,15-18H2,1H3. The van der Waals surface area contributed by atoms with E-state index in [2.05, 4.69) is 29.3 Å². The number of rotatable bonds is 7. The lowest BCUT2D eigenvalue weighted by atomic mass is 9.89. The van der Waals surface area contributed by atoms with Gasteiger partial charge in [0, 0.05) is 21.9 Å². The molecule has 3 aromatic rings. The number of fused-ring (bicyclic) bond motifs is 2. The highest BCUT2D eigenvalue weighted by molar-refractivity contribution is 7.17. The van der Waals surface area contributed by atoms with Crippen molar-refractivity contribution in [3.05, 3.63) is 64.5 Å². The molecule has 0 radical (unpaired) electrons. The van der Waals surface area contributed by atoms with Crippen molar-refractivity contribution >= 4 is 27.2 Å². The molecule has 5 rings (SSSR count). The summed E-state index contributed by atoms with van der Waals surface area (Å²) in [5.74, 6) is 1.53. The van der Waals surface area contributed by atoms with Gasteiger partial charge < -0.3 is 9.64 Å². The number of ketones is 1. The van der Waals surface area contributed by atoms with Crippen molar-refractivity contribution in [2.24, 2.45) is 0 Å². The summed E-state index contributed by atoms with van der Waals surface area (Å²) in [6.07, 6.45) is 10.1. The normalized spacial score (nSPS) is 21.5. The summed E-state index contributed by atoms with van der Waals surface area (Å²) in [7, 11) is 0. The van der Waals surface area contributed by atoms with Crippen LogP contribution >= 0.6 is 11.3 Å². The molecule has 2 aliphatic rings. The lowest BCUT2D eigenvalue weighted by molar-refractivity contribution is 0.103. The summed E-state index contributed by atoms with van der Waals surface area (Å²) in [5, 5.41) is 3.64. The van der Waals surface area contributed by atoms with Gasteiger partial charge in [0.25, 0.3) is 0 Å². The Balaban J connectivity index is 1.34. The first kappa shape index (κ1) is 22.6. The minimum Gasteiger partial charge on any atom is -0.494 e. The molecule has 2 saturated heterocycles. The Kier molecular flexibility index (Phi) is 7.13. The first-order chi connectivity index (χ1) is 16.2. The summed E-state index contributed by atoms with van der Waals surface area (Å²) in [4.78, 5) is 16.0. The van der Waals surface area contributed by atoms with Crippen LogP contribution in [0.15, 0.2) is 47.8 Å². The molecule has 0 amide bonds. The van der Waals surface area contributed by atoms with Crippen LogP contribution in [0, 0.1) is 0 Å². The van der Waals surface area contributed by atoms with Gasteiger partial charge in [-0.1, -0.05) is 19.8 Å². The molecule has 0 aliphatic carbocycles. The van der Waals surface area contributed by atoms with Crippen LogP contribution in [0.3, 0.4) is 0 Å². The first-order valence-electron chi connectivity index (χ1n) is 12.8. The second-order valence-electron chi connectivity index (χ2n) is 9.71. The van der Waals surface area contributed by atoms with Gasteiger partial charge >= 0.3 is 0 Å². The molecule has 4 heteroatoms. The van der Waals surface area contributed by atoms with Crippen LogP contribution in [0.25, 0.3) is 10.1 Å². The molecule has 2 fully saturated rings. The summed E-state index contributed by atoms with van der Waals surface area (Å²) >= 11 is 1.83. The molecule has 3 heterocycles. The lowest BCUT2D eigenvalue weighted by Gasteiger charge is -2.33. The number of thiophene rings is 1. The molecular weight excluding hydrogens is 426 g/mol. The van der Waals surface area contributed by atoms with Gasteiger partial charge in [-0.2, -0.15) is 0 Å². The molecule has 1 aromatic heterocycles. The topological polar surface area (TPSA) is 29.5 Å². The summed E-state index contributed by atoms with van der Waals surface area (Å²) in [5.41, 5.74) is 2.97. The fourth-order valence-corrected chi connectivity index (χ4v) is 6.59. The average molecular weight is 462 g/mol. The Labute approximate surface area is 201 Å². The minimum atomic E-state index is 0.0900. The SMILES string of the molecule is CCCCOc1ccc(C(=O)c2ccc3scc(C4CCC5CCCCN5CC4)c3c2)cc1. The van der Waals surface area contributed by atoms with Gasteiger partial charge in [-0.25, -0.2) is 0 Å². The second-order valence-corrected chi connectivity index (χ2v) is 10.6. The molecule has 2 unspecified atom stereocenters. The Morgan fingerprint density at radius 2 is 1.85 bits per heavy atom. The summed E-state index contributed by atoms with van der Waals surface area (Å²) in [6.45, 7) is 5.38. The number of benzene rings is 2. The molecule has 0 saturated carbocycles. The highest BCUT2D eigenvalue weighted by Crippen LogP contribution is 2.39. The van der Waals surface area contributed by atoms with Gasteiger partial charge in [0.15, 0.2) is 5.78 Å². The van der Waals surface area contributed by atoms with Gasteiger partial charge in [-0.3, -0.25) is 4.79 Å². The molecule has 0 bridgehead atoms. The van der Waals surface area contributed by atoms with E-state index in [0.29, 0.717) is 5.92 Å². The Morgan fingerprint density at radius 1 is 1.00 bits per heavy atom. The van der Waals surface area contributed by atoms with Crippen molar-refractivity contribution in [2.75, 3.05) is 19.7 Å². The monoisotopic (exact) mass is 461 g/mol. The summed E-state index contributed by atoms with van der Waals surface area (Å²) in [6, 6.07) is 14.7. The van der Waals surface area contributed by atoms with E-state index >= 15 is 0 Å². The van der Waals surface area contributed by atoms with Crippen molar-refractivity contribution < 1.29 is 9.53 Å². The molecule has 174 valence electrons. The number of piperidine rings is 1. The third-order valence-corrected chi connectivity index (χ3v) is 8.53. The molecule has 33 heavy (non-hydrogen) atoms. The first-order valence-corrected chi connectivity index (χ1v) is 13.6. The lowest BCUT2D eigenvalue weighted by Crippen LogP contribution is -2.38. The van der Waals surface area contributed by atoms with E-state index in [4.69, 9.17) is 4.74 Å². The van der Waals surface area contributed by atoms with E-state index < -0.39 is 0 Å². The molecule has 2 aliphatic heterocycles. The molecule has 2 aromatic carbocycles. The van der Waals surface area contributed by atoms with Crippen LogP contribution in [-0.4, -0.2) is 36.4 Å². The third kappa shape index (κ3) is 5.02. The maximum atomic E-state index is 13.3. The average Bonchev–Trinajstić information content (AvgIpc) is 3.16. The Hall–Kier alpha value is -2.17. The highest BCUT2D eigenvalue weighted by atomic mass is 32.1. The predicted octanol–water partition coefficient (Wildman–Crippen LogP) is 7.43. The molecular formula is C29H35NO2S. The quantitative estimate of drug-likeness (QED) is 0.271. The summed E-state index contributed by atoms with van der Waals surface area (Å²) < 4.78 is 7.04. The van der Waals surface area contributed by atoms with E-state index in [1.165, 1.54) is 67.3 Å². The minimum absolute atomic E-state index is 0.0900. The smallest absolute Gasteiger partial charge is 0.193 e. The van der Waals surface area contributed by atoms with Crippen LogP contribution in [0.2, 0.25) is 0 Å².